The molecule has 0 unspecified atom stereocenters. The van der Waals surface area contributed by atoms with E-state index in [-0.39, 0.29) is 19.0 Å². The van der Waals surface area contributed by atoms with Gasteiger partial charge in [0.05, 0.1) is 11.5 Å². The number of nitrogens with one attached hydrogen (secondary N) is 1. The van der Waals surface area contributed by atoms with Gasteiger partial charge >= 0.3 is 0 Å². The van der Waals surface area contributed by atoms with Crippen molar-refractivity contribution < 1.29 is 14.6 Å². The summed E-state index contributed by atoms with van der Waals surface area (Å²) >= 11 is 0. The van der Waals surface area contributed by atoms with E-state index in [9.17, 15) is 9.90 Å². The Morgan fingerprint density at radius 1 is 1.13 bits per heavy atom. The fourth-order valence-corrected chi connectivity index (χ4v) is 3.29. The van der Waals surface area contributed by atoms with Crippen molar-refractivity contribution in [3.05, 3.63) is 67.1 Å². The molecule has 0 spiro atoms. The van der Waals surface area contributed by atoms with Gasteiger partial charge in [-0.3, -0.25) is 4.79 Å². The van der Waals surface area contributed by atoms with E-state index in [4.69, 9.17) is 10.5 Å². The van der Waals surface area contributed by atoms with Gasteiger partial charge in [-0.2, -0.15) is 0 Å². The molecule has 4 N–H and O–H groups in total. The number of aliphatic hydroxyl groups excluding tert-OH is 1. The maximum atomic E-state index is 12.3. The molecule has 0 bridgehead atoms. The minimum absolute atomic E-state index is 0.0505. The number of amides is 1. The van der Waals surface area contributed by atoms with Gasteiger partial charge < -0.3 is 25.5 Å². The summed E-state index contributed by atoms with van der Waals surface area (Å²) in [4.78, 5) is 20.7. The highest BCUT2D eigenvalue weighted by atomic mass is 16.5. The lowest BCUT2D eigenvalue weighted by atomic mass is 10.1. The number of ether oxygens (including phenoxy) is 1. The summed E-state index contributed by atoms with van der Waals surface area (Å²) in [5.41, 5.74) is 8.44. The standard InChI is InChI=1S/C23H23N5O3/c1-15(29)11-25-20(30)13-28-12-19(21-22(24)26-14-27-23(21)28)16-7-9-18(10-8-16)31-17-5-3-2-4-6-17/h2-10,12,14-15,29H,11,13H2,1H3,(H,25,30)(H2,24,26,27)/t15-/m1/s1. The Balaban J connectivity index is 1.63. The highest BCUT2D eigenvalue weighted by molar-refractivity contribution is 6.01. The molecule has 2 aromatic heterocycles. The molecule has 31 heavy (non-hydrogen) atoms. The fraction of sp³-hybridized carbons (Fsp3) is 0.174. The third-order valence-corrected chi connectivity index (χ3v) is 4.74. The number of hydrogen-bond donors (Lipinski definition) is 3. The second-order valence-electron chi connectivity index (χ2n) is 7.22. The SMILES string of the molecule is C[C@@H](O)CNC(=O)Cn1cc(-c2ccc(Oc3ccccc3)cc2)c2c(N)ncnc21. The Morgan fingerprint density at radius 3 is 2.55 bits per heavy atom. The molecule has 0 fully saturated rings. The number of hydrogen-bond acceptors (Lipinski definition) is 6. The van der Waals surface area contributed by atoms with Crippen molar-refractivity contribution in [1.29, 1.82) is 0 Å². The number of nitrogens with zero attached hydrogens (tertiary/aromatic N) is 3. The molecule has 1 atom stereocenters. The van der Waals surface area contributed by atoms with Crippen LogP contribution >= 0.6 is 0 Å². The summed E-state index contributed by atoms with van der Waals surface area (Å²) in [6.45, 7) is 1.85. The van der Waals surface area contributed by atoms with E-state index < -0.39 is 6.10 Å². The molecule has 8 nitrogen and oxygen atoms in total. The molecule has 0 radical (unpaired) electrons. The minimum atomic E-state index is -0.615. The summed E-state index contributed by atoms with van der Waals surface area (Å²) in [6, 6.07) is 17.2. The predicted molar refractivity (Wildman–Crippen MR) is 119 cm³/mol. The van der Waals surface area contributed by atoms with Crippen LogP contribution in [0, 0.1) is 0 Å². The molecule has 2 heterocycles. The largest absolute Gasteiger partial charge is 0.457 e. The topological polar surface area (TPSA) is 115 Å². The maximum Gasteiger partial charge on any atom is 0.240 e. The van der Waals surface area contributed by atoms with Gasteiger partial charge in [0.1, 0.15) is 35.8 Å². The van der Waals surface area contributed by atoms with Crippen LogP contribution < -0.4 is 15.8 Å². The maximum absolute atomic E-state index is 12.3. The Kier molecular flexibility index (Phi) is 5.81. The lowest BCUT2D eigenvalue weighted by molar-refractivity contribution is -0.122. The number of fused-ring (bicyclic) bond motifs is 1. The number of nitrogen functional groups attached to an aromatic ring is 1. The second-order valence-corrected chi connectivity index (χ2v) is 7.22. The van der Waals surface area contributed by atoms with Gasteiger partial charge in [0.25, 0.3) is 0 Å². The van der Waals surface area contributed by atoms with Crippen molar-refractivity contribution in [3.8, 4) is 22.6 Å². The van der Waals surface area contributed by atoms with Gasteiger partial charge in [0, 0.05) is 18.3 Å². The van der Waals surface area contributed by atoms with Crippen LogP contribution in [-0.2, 0) is 11.3 Å². The average Bonchev–Trinajstić information content (AvgIpc) is 3.13. The molecule has 2 aromatic carbocycles. The smallest absolute Gasteiger partial charge is 0.240 e. The normalized spacial score (nSPS) is 11.9. The quantitative estimate of drug-likeness (QED) is 0.426. The summed E-state index contributed by atoms with van der Waals surface area (Å²) < 4.78 is 7.59. The monoisotopic (exact) mass is 417 g/mol. The Morgan fingerprint density at radius 2 is 1.84 bits per heavy atom. The van der Waals surface area contributed by atoms with Crippen molar-refractivity contribution in [1.82, 2.24) is 19.9 Å². The van der Waals surface area contributed by atoms with E-state index in [0.717, 1.165) is 16.9 Å². The summed E-state index contributed by atoms with van der Waals surface area (Å²) in [5.74, 6) is 1.58. The number of nitrogens with two attached hydrogens (primary N) is 1. The van der Waals surface area contributed by atoms with Gasteiger partial charge in [-0.25, -0.2) is 9.97 Å². The predicted octanol–water partition coefficient (Wildman–Crippen LogP) is 2.97. The Hall–Kier alpha value is -3.91. The van der Waals surface area contributed by atoms with Gasteiger partial charge in [-0.1, -0.05) is 30.3 Å². The van der Waals surface area contributed by atoms with Crippen LogP contribution in [0.15, 0.2) is 67.1 Å². The number of aliphatic hydroxyl groups is 1. The van der Waals surface area contributed by atoms with Gasteiger partial charge in [0.15, 0.2) is 0 Å². The van der Waals surface area contributed by atoms with Crippen LogP contribution in [0.4, 0.5) is 5.82 Å². The van der Waals surface area contributed by atoms with Crippen LogP contribution in [-0.4, -0.2) is 38.2 Å². The summed E-state index contributed by atoms with van der Waals surface area (Å²) in [7, 11) is 0. The number of carbonyl (C=O) groups is 1. The minimum Gasteiger partial charge on any atom is -0.457 e. The lowest BCUT2D eigenvalue weighted by Crippen LogP contribution is -2.33. The molecular weight excluding hydrogens is 394 g/mol. The first-order chi connectivity index (χ1) is 15.0. The second kappa shape index (κ2) is 8.85. The number of benzene rings is 2. The van der Waals surface area contributed by atoms with Crippen LogP contribution in [0.1, 0.15) is 6.92 Å². The van der Waals surface area contributed by atoms with Crippen molar-refractivity contribution in [2.24, 2.45) is 0 Å². The first-order valence-corrected chi connectivity index (χ1v) is 9.88. The van der Waals surface area contributed by atoms with Crippen molar-refractivity contribution in [2.75, 3.05) is 12.3 Å². The molecule has 1 amide bonds. The van der Waals surface area contributed by atoms with Crippen molar-refractivity contribution >= 4 is 22.8 Å². The van der Waals surface area contributed by atoms with E-state index >= 15 is 0 Å². The molecular formula is C23H23N5O3. The van der Waals surface area contributed by atoms with Crippen LogP contribution in [0.25, 0.3) is 22.2 Å². The van der Waals surface area contributed by atoms with Gasteiger partial charge in [-0.05, 0) is 36.8 Å². The lowest BCUT2D eigenvalue weighted by Gasteiger charge is -2.08. The number of anilines is 1. The molecule has 0 saturated carbocycles. The van der Waals surface area contributed by atoms with Crippen LogP contribution in [0.5, 0.6) is 11.5 Å². The Bertz CT molecular complexity index is 1190. The zero-order valence-electron chi connectivity index (χ0n) is 17.0. The zero-order valence-corrected chi connectivity index (χ0v) is 17.0. The molecule has 0 saturated heterocycles. The van der Waals surface area contributed by atoms with Crippen molar-refractivity contribution in [3.63, 3.8) is 0 Å². The molecule has 0 aliphatic rings. The van der Waals surface area contributed by atoms with Gasteiger partial charge in [0.2, 0.25) is 5.91 Å². The average molecular weight is 417 g/mol. The van der Waals surface area contributed by atoms with E-state index in [1.54, 1.807) is 11.5 Å². The van der Waals surface area contributed by atoms with E-state index in [2.05, 4.69) is 15.3 Å². The molecule has 0 aliphatic heterocycles. The van der Waals surface area contributed by atoms with E-state index in [0.29, 0.717) is 22.6 Å². The van der Waals surface area contributed by atoms with Crippen LogP contribution in [0.3, 0.4) is 0 Å². The number of para-hydroxylation sites is 1. The Labute approximate surface area is 179 Å². The van der Waals surface area contributed by atoms with Crippen LogP contribution in [0.2, 0.25) is 0 Å². The molecule has 8 heteroatoms. The number of rotatable bonds is 7. The number of aromatic nitrogens is 3. The highest BCUT2D eigenvalue weighted by Crippen LogP contribution is 2.34. The van der Waals surface area contributed by atoms with Crippen molar-refractivity contribution in [2.45, 2.75) is 19.6 Å². The molecule has 158 valence electrons. The van der Waals surface area contributed by atoms with Gasteiger partial charge in [-0.15, -0.1) is 0 Å². The third-order valence-electron chi connectivity index (χ3n) is 4.74. The highest BCUT2D eigenvalue weighted by Gasteiger charge is 2.17. The first-order valence-electron chi connectivity index (χ1n) is 9.88. The molecule has 0 aliphatic carbocycles. The zero-order chi connectivity index (χ0) is 21.8. The summed E-state index contributed by atoms with van der Waals surface area (Å²) in [6.07, 6.45) is 2.60. The summed E-state index contributed by atoms with van der Waals surface area (Å²) in [5, 5.41) is 12.7. The third kappa shape index (κ3) is 4.65. The molecule has 4 rings (SSSR count). The van der Waals surface area contributed by atoms with E-state index in [1.807, 2.05) is 60.8 Å². The first kappa shape index (κ1) is 20.4. The fourth-order valence-electron chi connectivity index (χ4n) is 3.29. The van der Waals surface area contributed by atoms with E-state index in [1.165, 1.54) is 6.33 Å². The molecule has 4 aromatic rings. The number of carbonyl (C=O) groups excluding carboxylic acids is 1.